The molecule has 0 radical (unpaired) electrons. The molecule has 1 fully saturated rings. The molecule has 0 saturated carbocycles. The van der Waals surface area contributed by atoms with Crippen LogP contribution >= 0.6 is 0 Å². The van der Waals surface area contributed by atoms with Gasteiger partial charge in [0.05, 0.1) is 0 Å². The Morgan fingerprint density at radius 3 is 2.85 bits per heavy atom. The molecule has 1 N–H and O–H groups in total. The van der Waals surface area contributed by atoms with Crippen LogP contribution in [0, 0.1) is 0 Å². The van der Waals surface area contributed by atoms with Crippen molar-refractivity contribution in [1.29, 1.82) is 0 Å². The summed E-state index contributed by atoms with van der Waals surface area (Å²) < 4.78 is 0. The van der Waals surface area contributed by atoms with Crippen molar-refractivity contribution in [3.8, 4) is 0 Å². The predicted octanol–water partition coefficient (Wildman–Crippen LogP) is 4.86. The summed E-state index contributed by atoms with van der Waals surface area (Å²) in [5.74, 6) is 0. The highest BCUT2D eigenvalue weighted by molar-refractivity contribution is 4.96. The molecule has 2 heteroatoms. The maximum Gasteiger partial charge on any atom is 0.0107 e. The SMILES string of the molecule is C.CC/C(C)=C/CCCCN1CCCCC1CCNC.[HH]. The zero-order chi connectivity index (χ0) is 13.9. The lowest BCUT2D eigenvalue weighted by atomic mass is 9.98. The number of rotatable bonds is 9. The average Bonchev–Trinajstić information content (AvgIpc) is 2.45. The van der Waals surface area contributed by atoms with Gasteiger partial charge in [0.25, 0.3) is 0 Å². The first-order valence-corrected chi connectivity index (χ1v) is 8.32. The van der Waals surface area contributed by atoms with E-state index in [1.54, 1.807) is 5.57 Å². The van der Waals surface area contributed by atoms with Gasteiger partial charge in [-0.3, -0.25) is 0 Å². The highest BCUT2D eigenvalue weighted by atomic mass is 15.2. The summed E-state index contributed by atoms with van der Waals surface area (Å²) in [6.07, 6.45) is 13.2. The molecule has 122 valence electrons. The van der Waals surface area contributed by atoms with Crippen LogP contribution in [0.15, 0.2) is 11.6 Å². The summed E-state index contributed by atoms with van der Waals surface area (Å²) >= 11 is 0. The summed E-state index contributed by atoms with van der Waals surface area (Å²) in [7, 11) is 2.07. The Kier molecular flexibility index (Phi) is 12.2. The topological polar surface area (TPSA) is 15.3 Å². The van der Waals surface area contributed by atoms with E-state index < -0.39 is 0 Å². The van der Waals surface area contributed by atoms with Crippen LogP contribution in [-0.4, -0.2) is 37.6 Å². The lowest BCUT2D eigenvalue weighted by Gasteiger charge is -2.35. The first-order chi connectivity index (χ1) is 9.27. The summed E-state index contributed by atoms with van der Waals surface area (Å²) in [6.45, 7) is 8.30. The number of likely N-dealkylation sites (tertiary alicyclic amines) is 1. The van der Waals surface area contributed by atoms with Crippen molar-refractivity contribution >= 4 is 0 Å². The number of nitrogens with one attached hydrogen (secondary N) is 1. The monoisotopic (exact) mass is 284 g/mol. The van der Waals surface area contributed by atoms with Crippen molar-refractivity contribution in [1.82, 2.24) is 10.2 Å². The fourth-order valence-corrected chi connectivity index (χ4v) is 2.94. The van der Waals surface area contributed by atoms with E-state index in [-0.39, 0.29) is 8.85 Å². The molecule has 0 aromatic rings. The number of hydrogen-bond donors (Lipinski definition) is 1. The molecule has 1 aliphatic heterocycles. The lowest BCUT2D eigenvalue weighted by Crippen LogP contribution is -2.41. The first-order valence-electron chi connectivity index (χ1n) is 8.32. The van der Waals surface area contributed by atoms with Gasteiger partial charge in [-0.2, -0.15) is 0 Å². The minimum atomic E-state index is 0. The number of unbranched alkanes of at least 4 members (excludes halogenated alkanes) is 2. The molecule has 0 aromatic carbocycles. The van der Waals surface area contributed by atoms with Crippen molar-refractivity contribution in [2.24, 2.45) is 0 Å². The molecule has 1 atom stereocenters. The fraction of sp³-hybridized carbons (Fsp3) is 0.889. The second-order valence-corrected chi connectivity index (χ2v) is 5.98. The Hall–Kier alpha value is -0.340. The largest absolute Gasteiger partial charge is 0.320 e. The van der Waals surface area contributed by atoms with Gasteiger partial charge < -0.3 is 10.2 Å². The molecule has 1 rings (SSSR count). The van der Waals surface area contributed by atoms with Crippen molar-refractivity contribution in [2.45, 2.75) is 78.7 Å². The second-order valence-electron chi connectivity index (χ2n) is 5.98. The number of hydrogen-bond acceptors (Lipinski definition) is 2. The van der Waals surface area contributed by atoms with Crippen LogP contribution in [0.5, 0.6) is 0 Å². The molecule has 0 aliphatic carbocycles. The highest BCUT2D eigenvalue weighted by Gasteiger charge is 2.20. The Morgan fingerprint density at radius 1 is 1.35 bits per heavy atom. The van der Waals surface area contributed by atoms with Crippen LogP contribution in [0.1, 0.15) is 74.1 Å². The Morgan fingerprint density at radius 2 is 2.15 bits per heavy atom. The van der Waals surface area contributed by atoms with Gasteiger partial charge >= 0.3 is 0 Å². The molecule has 1 saturated heterocycles. The quantitative estimate of drug-likeness (QED) is 0.480. The van der Waals surface area contributed by atoms with Crippen LogP contribution in [0.4, 0.5) is 0 Å². The van der Waals surface area contributed by atoms with Gasteiger partial charge in [-0.15, -0.1) is 0 Å². The zero-order valence-electron chi connectivity index (χ0n) is 13.4. The minimum absolute atomic E-state index is 0. The van der Waals surface area contributed by atoms with E-state index in [0.717, 1.165) is 6.04 Å². The second kappa shape index (κ2) is 12.4. The molecular formula is C18H40N2. The van der Waals surface area contributed by atoms with Crippen molar-refractivity contribution in [3.63, 3.8) is 0 Å². The molecule has 0 bridgehead atoms. The van der Waals surface area contributed by atoms with E-state index in [1.165, 1.54) is 71.0 Å². The maximum absolute atomic E-state index is 3.30. The van der Waals surface area contributed by atoms with Gasteiger partial charge in [-0.25, -0.2) is 0 Å². The molecule has 0 spiro atoms. The highest BCUT2D eigenvalue weighted by Crippen LogP contribution is 2.20. The summed E-state index contributed by atoms with van der Waals surface area (Å²) in [5, 5.41) is 3.30. The van der Waals surface area contributed by atoms with Crippen molar-refractivity contribution in [2.75, 3.05) is 26.7 Å². The van der Waals surface area contributed by atoms with Gasteiger partial charge in [-0.05, 0) is 78.6 Å². The van der Waals surface area contributed by atoms with Gasteiger partial charge in [0.2, 0.25) is 0 Å². The normalized spacial score (nSPS) is 20.8. The Balaban J connectivity index is 0. The van der Waals surface area contributed by atoms with Gasteiger partial charge in [0, 0.05) is 7.47 Å². The van der Waals surface area contributed by atoms with Gasteiger partial charge in [-0.1, -0.05) is 32.4 Å². The molecular weight excluding hydrogens is 244 g/mol. The van der Waals surface area contributed by atoms with Crippen LogP contribution in [-0.2, 0) is 0 Å². The summed E-state index contributed by atoms with van der Waals surface area (Å²) in [6, 6.07) is 0.842. The van der Waals surface area contributed by atoms with Crippen LogP contribution < -0.4 is 5.32 Å². The minimum Gasteiger partial charge on any atom is -0.320 e. The van der Waals surface area contributed by atoms with Crippen molar-refractivity contribution < 1.29 is 1.43 Å². The third kappa shape index (κ3) is 8.06. The zero-order valence-corrected chi connectivity index (χ0v) is 13.4. The van der Waals surface area contributed by atoms with Gasteiger partial charge in [0.1, 0.15) is 0 Å². The maximum atomic E-state index is 3.30. The fourth-order valence-electron chi connectivity index (χ4n) is 2.94. The molecule has 20 heavy (non-hydrogen) atoms. The molecule has 0 amide bonds. The first kappa shape index (κ1) is 19.7. The average molecular weight is 285 g/mol. The summed E-state index contributed by atoms with van der Waals surface area (Å²) in [4.78, 5) is 2.75. The number of piperidine rings is 1. The van der Waals surface area contributed by atoms with Crippen LogP contribution in [0.25, 0.3) is 0 Å². The molecule has 0 aromatic heterocycles. The lowest BCUT2D eigenvalue weighted by molar-refractivity contribution is 0.138. The molecule has 2 nitrogen and oxygen atoms in total. The number of allylic oxidation sites excluding steroid dienone is 2. The van der Waals surface area contributed by atoms with Crippen molar-refractivity contribution in [3.05, 3.63) is 11.6 Å². The van der Waals surface area contributed by atoms with Crippen LogP contribution in [0.3, 0.4) is 0 Å². The van der Waals surface area contributed by atoms with E-state index in [1.807, 2.05) is 0 Å². The molecule has 1 unspecified atom stereocenters. The number of nitrogens with zero attached hydrogens (tertiary/aromatic N) is 1. The van der Waals surface area contributed by atoms with E-state index >= 15 is 0 Å². The van der Waals surface area contributed by atoms with Crippen LogP contribution in [0.2, 0.25) is 0 Å². The predicted molar refractivity (Wildman–Crippen MR) is 94.5 cm³/mol. The molecule has 1 aliphatic rings. The Bertz CT molecular complexity index is 254. The van der Waals surface area contributed by atoms with E-state index in [2.05, 4.69) is 37.2 Å². The third-order valence-corrected chi connectivity index (χ3v) is 4.43. The van der Waals surface area contributed by atoms with E-state index in [9.17, 15) is 0 Å². The van der Waals surface area contributed by atoms with Gasteiger partial charge in [0.15, 0.2) is 0 Å². The van der Waals surface area contributed by atoms with E-state index in [4.69, 9.17) is 0 Å². The van der Waals surface area contributed by atoms with E-state index in [0.29, 0.717) is 0 Å². The third-order valence-electron chi connectivity index (χ3n) is 4.43. The standard InChI is InChI=1S/C17H34N2.CH4.H2/c1-4-16(2)10-6-5-8-14-19-15-9-7-11-17(19)12-13-18-3;;/h10,17-18H,4-9,11-15H2,1-3H3;1H4;1H/b16-10+;;. The Labute approximate surface area is 129 Å². The summed E-state index contributed by atoms with van der Waals surface area (Å²) in [5.41, 5.74) is 1.55. The molecule has 1 heterocycles. The smallest absolute Gasteiger partial charge is 0.0107 e.